The van der Waals surface area contributed by atoms with Crippen molar-refractivity contribution in [1.29, 1.82) is 0 Å². The summed E-state index contributed by atoms with van der Waals surface area (Å²) in [5, 5.41) is 3.25. The first kappa shape index (κ1) is 17.7. The number of rotatable bonds is 6. The number of nitrogens with one attached hydrogen (secondary N) is 1. The van der Waals surface area contributed by atoms with E-state index >= 15 is 0 Å². The van der Waals surface area contributed by atoms with Gasteiger partial charge in [-0.2, -0.15) is 4.98 Å². The van der Waals surface area contributed by atoms with Crippen LogP contribution in [0.15, 0.2) is 67.1 Å². The monoisotopic (exact) mass is 373 g/mol. The number of carbonyl (C=O) groups is 1. The maximum absolute atomic E-state index is 11.8. The molecule has 7 heteroatoms. The van der Waals surface area contributed by atoms with E-state index in [1.54, 1.807) is 36.8 Å². The highest BCUT2D eigenvalue weighted by Crippen LogP contribution is 2.19. The Labute approximate surface area is 162 Å². The molecule has 140 valence electrons. The van der Waals surface area contributed by atoms with Gasteiger partial charge >= 0.3 is 5.97 Å². The highest BCUT2D eigenvalue weighted by atomic mass is 16.5. The van der Waals surface area contributed by atoms with E-state index in [1.165, 1.54) is 12.7 Å². The molecule has 28 heavy (non-hydrogen) atoms. The van der Waals surface area contributed by atoms with E-state index in [0.717, 1.165) is 24.0 Å². The number of hydrogen-bond donors (Lipinski definition) is 1. The van der Waals surface area contributed by atoms with Crippen LogP contribution >= 0.6 is 0 Å². The Hall–Kier alpha value is -3.74. The SMILES string of the molecule is COC(=O)c1ccc2ncn(-c3ccnc(NCCc4ccccc4)n3)c2c1. The van der Waals surface area contributed by atoms with Crippen LogP contribution in [0.2, 0.25) is 0 Å². The van der Waals surface area contributed by atoms with E-state index in [0.29, 0.717) is 17.3 Å². The molecule has 0 saturated heterocycles. The van der Waals surface area contributed by atoms with Gasteiger partial charge in [-0.25, -0.2) is 14.8 Å². The summed E-state index contributed by atoms with van der Waals surface area (Å²) in [6.07, 6.45) is 4.26. The molecule has 0 amide bonds. The Morgan fingerprint density at radius 3 is 2.79 bits per heavy atom. The predicted molar refractivity (Wildman–Crippen MR) is 107 cm³/mol. The van der Waals surface area contributed by atoms with Gasteiger partial charge in [-0.05, 0) is 36.2 Å². The first-order chi connectivity index (χ1) is 13.7. The molecule has 0 bridgehead atoms. The van der Waals surface area contributed by atoms with Crippen molar-refractivity contribution in [3.05, 3.63) is 78.2 Å². The molecule has 2 aromatic carbocycles. The Morgan fingerprint density at radius 2 is 1.96 bits per heavy atom. The van der Waals surface area contributed by atoms with Crippen LogP contribution < -0.4 is 5.32 Å². The Kier molecular flexibility index (Phi) is 4.97. The third kappa shape index (κ3) is 3.68. The van der Waals surface area contributed by atoms with Gasteiger partial charge in [0.15, 0.2) is 0 Å². The molecule has 1 N–H and O–H groups in total. The van der Waals surface area contributed by atoms with Crippen molar-refractivity contribution in [2.24, 2.45) is 0 Å². The van der Waals surface area contributed by atoms with Crippen LogP contribution in [-0.4, -0.2) is 39.1 Å². The van der Waals surface area contributed by atoms with Crippen LogP contribution in [0.3, 0.4) is 0 Å². The molecule has 0 atom stereocenters. The average molecular weight is 373 g/mol. The molecule has 0 saturated carbocycles. The predicted octanol–water partition coefficient (Wildman–Crippen LogP) is 3.26. The Balaban J connectivity index is 1.56. The van der Waals surface area contributed by atoms with Gasteiger partial charge < -0.3 is 10.1 Å². The minimum absolute atomic E-state index is 0.388. The maximum Gasteiger partial charge on any atom is 0.337 e. The van der Waals surface area contributed by atoms with E-state index in [4.69, 9.17) is 4.74 Å². The summed E-state index contributed by atoms with van der Waals surface area (Å²) >= 11 is 0. The topological polar surface area (TPSA) is 81.9 Å². The highest BCUT2D eigenvalue weighted by Gasteiger charge is 2.11. The van der Waals surface area contributed by atoms with Gasteiger partial charge in [0.25, 0.3) is 0 Å². The van der Waals surface area contributed by atoms with Crippen LogP contribution in [0.4, 0.5) is 5.95 Å². The number of benzene rings is 2. The molecular formula is C21H19N5O2. The summed E-state index contributed by atoms with van der Waals surface area (Å²) < 4.78 is 6.63. The number of ether oxygens (including phenoxy) is 1. The van der Waals surface area contributed by atoms with E-state index in [9.17, 15) is 4.79 Å². The fraction of sp³-hybridized carbons (Fsp3) is 0.143. The number of anilines is 1. The first-order valence-corrected chi connectivity index (χ1v) is 8.91. The van der Waals surface area contributed by atoms with Crippen molar-refractivity contribution in [2.75, 3.05) is 19.0 Å². The van der Waals surface area contributed by atoms with Gasteiger partial charge in [0.2, 0.25) is 5.95 Å². The van der Waals surface area contributed by atoms with E-state index in [2.05, 4.69) is 32.4 Å². The average Bonchev–Trinajstić information content (AvgIpc) is 3.17. The Bertz CT molecular complexity index is 1110. The summed E-state index contributed by atoms with van der Waals surface area (Å²) in [6.45, 7) is 0.727. The summed E-state index contributed by atoms with van der Waals surface area (Å²) in [5.41, 5.74) is 3.26. The first-order valence-electron chi connectivity index (χ1n) is 8.91. The minimum atomic E-state index is -0.388. The molecule has 0 aliphatic heterocycles. The molecule has 4 rings (SSSR count). The van der Waals surface area contributed by atoms with Crippen molar-refractivity contribution in [3.8, 4) is 5.82 Å². The van der Waals surface area contributed by atoms with Gasteiger partial charge in [-0.3, -0.25) is 4.57 Å². The molecule has 0 fully saturated rings. The fourth-order valence-electron chi connectivity index (χ4n) is 2.97. The molecule has 0 radical (unpaired) electrons. The van der Waals surface area contributed by atoms with E-state index < -0.39 is 0 Å². The van der Waals surface area contributed by atoms with Gasteiger partial charge in [0.05, 0.1) is 23.7 Å². The lowest BCUT2D eigenvalue weighted by Crippen LogP contribution is -2.09. The van der Waals surface area contributed by atoms with Crippen LogP contribution in [0, 0.1) is 0 Å². The van der Waals surface area contributed by atoms with Crippen LogP contribution in [-0.2, 0) is 11.2 Å². The lowest BCUT2D eigenvalue weighted by molar-refractivity contribution is 0.0601. The number of nitrogens with zero attached hydrogens (tertiary/aromatic N) is 4. The van der Waals surface area contributed by atoms with E-state index in [-0.39, 0.29) is 5.97 Å². The van der Waals surface area contributed by atoms with Gasteiger partial charge in [-0.1, -0.05) is 30.3 Å². The van der Waals surface area contributed by atoms with Crippen molar-refractivity contribution in [2.45, 2.75) is 6.42 Å². The maximum atomic E-state index is 11.8. The number of carbonyl (C=O) groups excluding carboxylic acids is 1. The van der Waals surface area contributed by atoms with Crippen LogP contribution in [0.25, 0.3) is 16.9 Å². The van der Waals surface area contributed by atoms with E-state index in [1.807, 2.05) is 22.8 Å². The van der Waals surface area contributed by atoms with Gasteiger partial charge in [0, 0.05) is 12.7 Å². The second-order valence-electron chi connectivity index (χ2n) is 6.21. The summed E-state index contributed by atoms with van der Waals surface area (Å²) in [4.78, 5) is 25.1. The van der Waals surface area contributed by atoms with Crippen molar-refractivity contribution in [3.63, 3.8) is 0 Å². The van der Waals surface area contributed by atoms with Crippen LogP contribution in [0.5, 0.6) is 0 Å². The number of aromatic nitrogens is 4. The van der Waals surface area contributed by atoms with Gasteiger partial charge in [0.1, 0.15) is 12.1 Å². The molecule has 0 aliphatic rings. The summed E-state index contributed by atoms with van der Waals surface area (Å²) in [6, 6.07) is 17.3. The minimum Gasteiger partial charge on any atom is -0.465 e. The van der Waals surface area contributed by atoms with Crippen LogP contribution in [0.1, 0.15) is 15.9 Å². The number of imidazole rings is 1. The highest BCUT2D eigenvalue weighted by molar-refractivity contribution is 5.93. The Morgan fingerprint density at radius 1 is 1.11 bits per heavy atom. The molecule has 0 spiro atoms. The van der Waals surface area contributed by atoms with Gasteiger partial charge in [-0.15, -0.1) is 0 Å². The number of esters is 1. The molecule has 0 unspecified atom stereocenters. The third-order valence-electron chi connectivity index (χ3n) is 4.40. The fourth-order valence-corrected chi connectivity index (χ4v) is 2.97. The largest absolute Gasteiger partial charge is 0.465 e. The molecule has 2 heterocycles. The second kappa shape index (κ2) is 7.87. The van der Waals surface area contributed by atoms with Crippen molar-refractivity contribution in [1.82, 2.24) is 19.5 Å². The van der Waals surface area contributed by atoms with Crippen molar-refractivity contribution >= 4 is 23.0 Å². The summed E-state index contributed by atoms with van der Waals surface area (Å²) in [5.74, 6) is 0.821. The third-order valence-corrected chi connectivity index (χ3v) is 4.40. The lowest BCUT2D eigenvalue weighted by atomic mass is 10.1. The number of hydrogen-bond acceptors (Lipinski definition) is 6. The standard InChI is InChI=1S/C21H19N5O2/c1-28-20(27)16-7-8-17-18(13-16)26(14-24-17)19-10-12-23-21(25-19)22-11-9-15-5-3-2-4-6-15/h2-8,10,12-14H,9,11H2,1H3,(H,22,23,25). The van der Waals surface area contributed by atoms with Crippen molar-refractivity contribution < 1.29 is 9.53 Å². The quantitative estimate of drug-likeness (QED) is 0.523. The summed E-state index contributed by atoms with van der Waals surface area (Å²) in [7, 11) is 1.36. The zero-order valence-electron chi connectivity index (χ0n) is 15.4. The molecule has 0 aliphatic carbocycles. The smallest absolute Gasteiger partial charge is 0.337 e. The number of methoxy groups -OCH3 is 1. The molecule has 4 aromatic rings. The molecule has 2 aromatic heterocycles. The normalized spacial score (nSPS) is 10.8. The molecular weight excluding hydrogens is 354 g/mol. The zero-order chi connectivity index (χ0) is 19.3. The zero-order valence-corrected chi connectivity index (χ0v) is 15.4. The lowest BCUT2D eigenvalue weighted by Gasteiger charge is -2.08. The molecule has 7 nitrogen and oxygen atoms in total. The second-order valence-corrected chi connectivity index (χ2v) is 6.21. The number of fused-ring (bicyclic) bond motifs is 1.